The van der Waals surface area contributed by atoms with E-state index in [0.29, 0.717) is 24.2 Å². The molecule has 0 spiro atoms. The SMILES string of the molecule is CCC1CCC(=O)C(c2ccc(Br)cc2OC)C1=O. The molecule has 3 nitrogen and oxygen atoms in total. The maximum absolute atomic E-state index is 12.4. The molecule has 0 aliphatic heterocycles. The molecule has 2 rings (SSSR count). The molecule has 4 heteroatoms. The molecule has 1 aromatic rings. The summed E-state index contributed by atoms with van der Waals surface area (Å²) in [4.78, 5) is 24.6. The van der Waals surface area contributed by atoms with E-state index < -0.39 is 5.92 Å². The van der Waals surface area contributed by atoms with E-state index in [-0.39, 0.29) is 17.5 Å². The maximum Gasteiger partial charge on any atom is 0.150 e. The van der Waals surface area contributed by atoms with Crippen LogP contribution in [0.2, 0.25) is 0 Å². The third kappa shape index (κ3) is 2.73. The van der Waals surface area contributed by atoms with Gasteiger partial charge in [-0.05, 0) is 25.0 Å². The number of hydrogen-bond donors (Lipinski definition) is 0. The Morgan fingerprint density at radius 3 is 2.74 bits per heavy atom. The average Bonchev–Trinajstić information content (AvgIpc) is 2.40. The molecule has 0 amide bonds. The standard InChI is InChI=1S/C15H17BrO3/c1-3-9-4-7-12(17)14(15(9)18)11-6-5-10(16)8-13(11)19-2/h5-6,8-9,14H,3-4,7H2,1-2H3. The third-order valence-electron chi connectivity index (χ3n) is 3.75. The quantitative estimate of drug-likeness (QED) is 0.799. The van der Waals surface area contributed by atoms with Crippen molar-refractivity contribution in [1.82, 2.24) is 0 Å². The maximum atomic E-state index is 12.4. The summed E-state index contributed by atoms with van der Waals surface area (Å²) in [7, 11) is 1.56. The first-order valence-corrected chi connectivity index (χ1v) is 7.27. The molecule has 1 aromatic carbocycles. The molecule has 1 aliphatic rings. The number of hydrogen-bond acceptors (Lipinski definition) is 3. The topological polar surface area (TPSA) is 43.4 Å². The van der Waals surface area contributed by atoms with Gasteiger partial charge in [-0.1, -0.05) is 28.9 Å². The lowest BCUT2D eigenvalue weighted by Crippen LogP contribution is -2.33. The lowest BCUT2D eigenvalue weighted by Gasteiger charge is -2.27. The molecule has 0 heterocycles. The number of methoxy groups -OCH3 is 1. The summed E-state index contributed by atoms with van der Waals surface area (Å²) in [5.74, 6) is -0.00896. The first kappa shape index (κ1) is 14.3. The van der Waals surface area contributed by atoms with E-state index in [4.69, 9.17) is 4.74 Å². The summed E-state index contributed by atoms with van der Waals surface area (Å²) in [6, 6.07) is 5.45. The number of ether oxygens (including phenoxy) is 1. The summed E-state index contributed by atoms with van der Waals surface area (Å²) in [6.45, 7) is 1.99. The second-order valence-electron chi connectivity index (χ2n) is 4.83. The van der Waals surface area contributed by atoms with Gasteiger partial charge in [-0.15, -0.1) is 0 Å². The van der Waals surface area contributed by atoms with Crippen molar-refractivity contribution in [2.75, 3.05) is 7.11 Å². The van der Waals surface area contributed by atoms with Crippen LogP contribution in [-0.4, -0.2) is 18.7 Å². The number of carbonyl (C=O) groups is 2. The van der Waals surface area contributed by atoms with Gasteiger partial charge in [0.05, 0.1) is 7.11 Å². The Kier molecular flexibility index (Phi) is 4.40. The fourth-order valence-corrected chi connectivity index (χ4v) is 2.99. The molecular formula is C15H17BrO3. The van der Waals surface area contributed by atoms with Gasteiger partial charge in [-0.3, -0.25) is 9.59 Å². The Labute approximate surface area is 121 Å². The molecule has 2 atom stereocenters. The summed E-state index contributed by atoms with van der Waals surface area (Å²) in [5.41, 5.74) is 0.693. The Morgan fingerprint density at radius 2 is 2.11 bits per heavy atom. The molecular weight excluding hydrogens is 308 g/mol. The molecule has 1 aliphatic carbocycles. The van der Waals surface area contributed by atoms with E-state index in [1.54, 1.807) is 19.2 Å². The van der Waals surface area contributed by atoms with Crippen molar-refractivity contribution < 1.29 is 14.3 Å². The van der Waals surface area contributed by atoms with Gasteiger partial charge in [0.25, 0.3) is 0 Å². The van der Waals surface area contributed by atoms with Gasteiger partial charge in [0, 0.05) is 22.4 Å². The summed E-state index contributed by atoms with van der Waals surface area (Å²) in [6.07, 6.45) is 1.96. The number of ketones is 2. The van der Waals surface area contributed by atoms with E-state index in [9.17, 15) is 9.59 Å². The van der Waals surface area contributed by atoms with Crippen LogP contribution in [0.1, 0.15) is 37.7 Å². The number of Topliss-reactive ketones (excluding diaryl/α,β-unsaturated/α-hetero) is 2. The Morgan fingerprint density at radius 1 is 1.37 bits per heavy atom. The molecule has 0 N–H and O–H groups in total. The molecule has 1 saturated carbocycles. The zero-order valence-corrected chi connectivity index (χ0v) is 12.7. The Bertz CT molecular complexity index is 510. The van der Waals surface area contributed by atoms with Crippen LogP contribution in [-0.2, 0) is 9.59 Å². The highest BCUT2D eigenvalue weighted by molar-refractivity contribution is 9.10. The average molecular weight is 325 g/mol. The summed E-state index contributed by atoms with van der Waals surface area (Å²) >= 11 is 3.37. The van der Waals surface area contributed by atoms with E-state index >= 15 is 0 Å². The van der Waals surface area contributed by atoms with Gasteiger partial charge in [0.15, 0.2) is 5.78 Å². The van der Waals surface area contributed by atoms with Crippen molar-refractivity contribution in [2.24, 2.45) is 5.92 Å². The van der Waals surface area contributed by atoms with Crippen molar-refractivity contribution in [3.63, 3.8) is 0 Å². The summed E-state index contributed by atoms with van der Waals surface area (Å²) in [5, 5.41) is 0. The van der Waals surface area contributed by atoms with Gasteiger partial charge in [0.1, 0.15) is 17.5 Å². The van der Waals surface area contributed by atoms with Crippen molar-refractivity contribution in [1.29, 1.82) is 0 Å². The number of benzene rings is 1. The van der Waals surface area contributed by atoms with Crippen LogP contribution in [0.25, 0.3) is 0 Å². The smallest absolute Gasteiger partial charge is 0.150 e. The number of rotatable bonds is 3. The van der Waals surface area contributed by atoms with E-state index in [0.717, 1.165) is 10.9 Å². The van der Waals surface area contributed by atoms with Gasteiger partial charge in [-0.2, -0.15) is 0 Å². The zero-order chi connectivity index (χ0) is 14.0. The number of halogens is 1. The van der Waals surface area contributed by atoms with Crippen molar-refractivity contribution in [2.45, 2.75) is 32.1 Å². The molecule has 1 fully saturated rings. The second kappa shape index (κ2) is 5.87. The van der Waals surface area contributed by atoms with Crippen LogP contribution in [0.15, 0.2) is 22.7 Å². The Hall–Kier alpha value is -1.16. The van der Waals surface area contributed by atoms with E-state index in [1.165, 1.54) is 0 Å². The van der Waals surface area contributed by atoms with Crippen LogP contribution >= 0.6 is 15.9 Å². The first-order chi connectivity index (χ1) is 9.08. The van der Waals surface area contributed by atoms with E-state index in [2.05, 4.69) is 15.9 Å². The van der Waals surface area contributed by atoms with Crippen LogP contribution < -0.4 is 4.74 Å². The molecule has 0 aromatic heterocycles. The highest BCUT2D eigenvalue weighted by Gasteiger charge is 2.38. The molecule has 102 valence electrons. The molecule has 0 bridgehead atoms. The third-order valence-corrected chi connectivity index (χ3v) is 4.24. The lowest BCUT2D eigenvalue weighted by molar-refractivity contribution is -0.135. The minimum Gasteiger partial charge on any atom is -0.496 e. The van der Waals surface area contributed by atoms with Crippen LogP contribution in [0.3, 0.4) is 0 Å². The van der Waals surface area contributed by atoms with Gasteiger partial charge in [-0.25, -0.2) is 0 Å². The minimum absolute atomic E-state index is 0.00365. The predicted molar refractivity (Wildman–Crippen MR) is 76.5 cm³/mol. The van der Waals surface area contributed by atoms with Crippen molar-refractivity contribution in [3.05, 3.63) is 28.2 Å². The monoisotopic (exact) mass is 324 g/mol. The zero-order valence-electron chi connectivity index (χ0n) is 11.1. The highest BCUT2D eigenvalue weighted by Crippen LogP contribution is 2.37. The largest absolute Gasteiger partial charge is 0.496 e. The fraction of sp³-hybridized carbons (Fsp3) is 0.467. The van der Waals surface area contributed by atoms with Crippen molar-refractivity contribution in [3.8, 4) is 5.75 Å². The number of carbonyl (C=O) groups excluding carboxylic acids is 2. The Balaban J connectivity index is 2.43. The molecule has 0 radical (unpaired) electrons. The van der Waals surface area contributed by atoms with Crippen LogP contribution in [0.5, 0.6) is 5.75 Å². The molecule has 0 saturated heterocycles. The highest BCUT2D eigenvalue weighted by atomic mass is 79.9. The molecule has 2 unspecified atom stereocenters. The lowest BCUT2D eigenvalue weighted by atomic mass is 9.75. The first-order valence-electron chi connectivity index (χ1n) is 6.48. The van der Waals surface area contributed by atoms with Crippen molar-refractivity contribution >= 4 is 27.5 Å². The van der Waals surface area contributed by atoms with E-state index in [1.807, 2.05) is 13.0 Å². The van der Waals surface area contributed by atoms with Gasteiger partial charge >= 0.3 is 0 Å². The normalized spacial score (nSPS) is 23.5. The van der Waals surface area contributed by atoms with Crippen LogP contribution in [0, 0.1) is 5.92 Å². The molecule has 19 heavy (non-hydrogen) atoms. The van der Waals surface area contributed by atoms with Crippen LogP contribution in [0.4, 0.5) is 0 Å². The second-order valence-corrected chi connectivity index (χ2v) is 5.75. The van der Waals surface area contributed by atoms with Gasteiger partial charge in [0.2, 0.25) is 0 Å². The fourth-order valence-electron chi connectivity index (χ4n) is 2.65. The summed E-state index contributed by atoms with van der Waals surface area (Å²) < 4.78 is 6.18. The minimum atomic E-state index is -0.651. The van der Waals surface area contributed by atoms with Gasteiger partial charge < -0.3 is 4.74 Å². The predicted octanol–water partition coefficient (Wildman–Crippen LogP) is 3.50.